The van der Waals surface area contributed by atoms with E-state index in [9.17, 15) is 18.0 Å². The lowest BCUT2D eigenvalue weighted by Crippen LogP contribution is -2.22. The van der Waals surface area contributed by atoms with Gasteiger partial charge in [-0.05, 0) is 44.2 Å². The molecule has 0 spiro atoms. The Bertz CT molecular complexity index is 1250. The summed E-state index contributed by atoms with van der Waals surface area (Å²) in [5.41, 5.74) is 2.34. The van der Waals surface area contributed by atoms with E-state index >= 15 is 0 Å². The Morgan fingerprint density at radius 1 is 1.13 bits per heavy atom. The molecule has 0 aliphatic carbocycles. The number of imidazole rings is 1. The van der Waals surface area contributed by atoms with Crippen LogP contribution in [0.15, 0.2) is 47.4 Å². The van der Waals surface area contributed by atoms with Crippen LogP contribution in [0.25, 0.3) is 11.0 Å². The minimum Gasteiger partial charge on any atom is -0.328 e. The van der Waals surface area contributed by atoms with Gasteiger partial charge in [0.05, 0.1) is 21.6 Å². The van der Waals surface area contributed by atoms with Crippen molar-refractivity contribution in [3.8, 4) is 0 Å². The highest BCUT2D eigenvalue weighted by Gasteiger charge is 2.20. The maximum absolute atomic E-state index is 12.5. The fourth-order valence-electron chi connectivity index (χ4n) is 3.41. The van der Waals surface area contributed by atoms with Crippen molar-refractivity contribution in [2.45, 2.75) is 38.1 Å². The van der Waals surface area contributed by atoms with Crippen molar-refractivity contribution in [3.05, 3.63) is 53.9 Å². The molecule has 3 rings (SSSR count). The number of Topliss-reactive ketones (excluding diaryl/α,β-unsaturated/α-hetero) is 1. The molecule has 8 nitrogen and oxygen atoms in total. The average molecular weight is 443 g/mol. The Kier molecular flexibility index (Phi) is 6.56. The number of anilines is 1. The Balaban J connectivity index is 1.82. The first-order chi connectivity index (χ1) is 14.6. The number of benzene rings is 2. The maximum atomic E-state index is 12.5. The van der Waals surface area contributed by atoms with Gasteiger partial charge in [-0.2, -0.15) is 0 Å². The highest BCUT2D eigenvalue weighted by atomic mass is 32.2. The zero-order valence-electron chi connectivity index (χ0n) is 18.0. The molecule has 9 heteroatoms. The van der Waals surface area contributed by atoms with Crippen LogP contribution in [0.3, 0.4) is 0 Å². The number of carbonyl (C=O) groups excluding carboxylic acids is 2. The molecule has 0 fully saturated rings. The predicted octanol–water partition coefficient (Wildman–Crippen LogP) is 3.08. The Morgan fingerprint density at radius 2 is 1.84 bits per heavy atom. The van der Waals surface area contributed by atoms with E-state index in [1.807, 2.05) is 11.5 Å². The number of amides is 1. The summed E-state index contributed by atoms with van der Waals surface area (Å²) in [6, 6.07) is 11.8. The average Bonchev–Trinajstić information content (AvgIpc) is 3.09. The Labute approximate surface area is 181 Å². The molecule has 1 aromatic heterocycles. The number of aryl methyl sites for hydroxylation is 2. The lowest BCUT2D eigenvalue weighted by molar-refractivity contribution is -0.116. The summed E-state index contributed by atoms with van der Waals surface area (Å²) in [5, 5.41) is 2.79. The van der Waals surface area contributed by atoms with Crippen molar-refractivity contribution in [2.75, 3.05) is 19.4 Å². The van der Waals surface area contributed by atoms with Crippen LogP contribution in [-0.2, 0) is 27.8 Å². The molecule has 3 aromatic rings. The molecule has 2 aromatic carbocycles. The number of nitrogens with one attached hydrogen (secondary N) is 1. The first-order valence-corrected chi connectivity index (χ1v) is 11.4. The van der Waals surface area contributed by atoms with Crippen LogP contribution in [-0.4, -0.2) is 48.1 Å². The molecule has 1 amide bonds. The highest BCUT2D eigenvalue weighted by Crippen LogP contribution is 2.23. The molecule has 0 radical (unpaired) electrons. The molecule has 1 N–H and O–H groups in total. The molecular formula is C22H26N4O4S. The van der Waals surface area contributed by atoms with Gasteiger partial charge in [-0.25, -0.2) is 17.7 Å². The van der Waals surface area contributed by atoms with Crippen molar-refractivity contribution in [2.24, 2.45) is 0 Å². The van der Waals surface area contributed by atoms with Gasteiger partial charge in [0.15, 0.2) is 5.78 Å². The van der Waals surface area contributed by atoms with Gasteiger partial charge in [-0.3, -0.25) is 9.59 Å². The number of hydrogen-bond acceptors (Lipinski definition) is 5. The molecule has 0 saturated carbocycles. The van der Waals surface area contributed by atoms with Crippen molar-refractivity contribution < 1.29 is 18.0 Å². The van der Waals surface area contributed by atoms with Gasteiger partial charge in [0, 0.05) is 39.0 Å². The summed E-state index contributed by atoms with van der Waals surface area (Å²) in [6.07, 6.45) is 0.560. The van der Waals surface area contributed by atoms with Gasteiger partial charge in [0.1, 0.15) is 5.82 Å². The van der Waals surface area contributed by atoms with E-state index in [2.05, 4.69) is 10.3 Å². The van der Waals surface area contributed by atoms with E-state index in [-0.39, 0.29) is 23.0 Å². The molecule has 0 aliphatic heterocycles. The topological polar surface area (TPSA) is 101 Å². The van der Waals surface area contributed by atoms with Crippen molar-refractivity contribution in [1.29, 1.82) is 0 Å². The molecule has 164 valence electrons. The summed E-state index contributed by atoms with van der Waals surface area (Å²) in [4.78, 5) is 29.0. The largest absolute Gasteiger partial charge is 0.328 e. The minimum absolute atomic E-state index is 0.118. The van der Waals surface area contributed by atoms with Crippen molar-refractivity contribution >= 4 is 38.4 Å². The lowest BCUT2D eigenvalue weighted by Gasteiger charge is -2.11. The number of nitrogens with zero attached hydrogens (tertiary/aromatic N) is 3. The number of aromatic nitrogens is 2. The quantitative estimate of drug-likeness (QED) is 0.540. The summed E-state index contributed by atoms with van der Waals surface area (Å²) in [7, 11) is -0.589. The Hall–Kier alpha value is -3.04. The normalized spacial score (nSPS) is 11.8. The first-order valence-electron chi connectivity index (χ1n) is 9.96. The zero-order valence-corrected chi connectivity index (χ0v) is 18.9. The van der Waals surface area contributed by atoms with Gasteiger partial charge in [0.25, 0.3) is 0 Å². The third kappa shape index (κ3) is 4.67. The summed E-state index contributed by atoms with van der Waals surface area (Å²) < 4.78 is 28.0. The van der Waals surface area contributed by atoms with E-state index in [0.29, 0.717) is 35.6 Å². The van der Waals surface area contributed by atoms with Gasteiger partial charge < -0.3 is 9.88 Å². The molecule has 0 atom stereocenters. The minimum atomic E-state index is -3.56. The zero-order chi connectivity index (χ0) is 22.8. The standard InChI is InChI=1S/C22H26N4O4S/c1-5-26-20-11-10-16(31(29,30)25(3)4)14-19(20)23-21(26)12-13-22(28)24-18-9-7-6-8-17(18)15(2)27/h6-11,14H,5,12-13H2,1-4H3,(H,24,28). The van der Waals surface area contributed by atoms with E-state index in [1.165, 1.54) is 21.0 Å². The van der Waals surface area contributed by atoms with E-state index in [0.717, 1.165) is 9.82 Å². The van der Waals surface area contributed by atoms with Gasteiger partial charge in [0.2, 0.25) is 15.9 Å². The van der Waals surface area contributed by atoms with E-state index in [1.54, 1.807) is 42.5 Å². The predicted molar refractivity (Wildman–Crippen MR) is 120 cm³/mol. The number of fused-ring (bicyclic) bond motifs is 1. The monoisotopic (exact) mass is 442 g/mol. The number of sulfonamides is 1. The Morgan fingerprint density at radius 3 is 2.48 bits per heavy atom. The molecule has 0 bridgehead atoms. The van der Waals surface area contributed by atoms with Gasteiger partial charge in [-0.15, -0.1) is 0 Å². The second-order valence-electron chi connectivity index (χ2n) is 7.36. The first kappa shape index (κ1) is 22.6. The van der Waals surface area contributed by atoms with Gasteiger partial charge >= 0.3 is 0 Å². The van der Waals surface area contributed by atoms with Crippen LogP contribution in [0.2, 0.25) is 0 Å². The van der Waals surface area contributed by atoms with Crippen molar-refractivity contribution in [1.82, 2.24) is 13.9 Å². The number of carbonyl (C=O) groups is 2. The van der Waals surface area contributed by atoms with Gasteiger partial charge in [-0.1, -0.05) is 12.1 Å². The van der Waals surface area contributed by atoms with Crippen molar-refractivity contribution in [3.63, 3.8) is 0 Å². The molecule has 0 aliphatic rings. The molecule has 31 heavy (non-hydrogen) atoms. The highest BCUT2D eigenvalue weighted by molar-refractivity contribution is 7.89. The van der Waals surface area contributed by atoms with Crippen LogP contribution >= 0.6 is 0 Å². The third-order valence-corrected chi connectivity index (χ3v) is 6.86. The maximum Gasteiger partial charge on any atom is 0.242 e. The fourth-order valence-corrected chi connectivity index (χ4v) is 4.33. The number of ketones is 1. The second-order valence-corrected chi connectivity index (χ2v) is 9.51. The smallest absolute Gasteiger partial charge is 0.242 e. The van der Waals surface area contributed by atoms with Crippen LogP contribution < -0.4 is 5.32 Å². The summed E-state index contributed by atoms with van der Waals surface area (Å²) in [5.74, 6) is 0.360. The van der Waals surface area contributed by atoms with Crippen LogP contribution in [0.5, 0.6) is 0 Å². The summed E-state index contributed by atoms with van der Waals surface area (Å²) in [6.45, 7) is 4.07. The van der Waals surface area contributed by atoms with E-state index in [4.69, 9.17) is 0 Å². The van der Waals surface area contributed by atoms with Crippen LogP contribution in [0.1, 0.15) is 36.5 Å². The number of rotatable bonds is 8. The van der Waals surface area contributed by atoms with Crippen LogP contribution in [0.4, 0.5) is 5.69 Å². The SMILES string of the molecule is CCn1c(CCC(=O)Nc2ccccc2C(C)=O)nc2cc(S(=O)(=O)N(C)C)ccc21. The van der Waals surface area contributed by atoms with E-state index < -0.39 is 10.0 Å². The lowest BCUT2D eigenvalue weighted by atomic mass is 10.1. The fraction of sp³-hybridized carbons (Fsp3) is 0.318. The molecule has 0 saturated heterocycles. The summed E-state index contributed by atoms with van der Waals surface area (Å²) >= 11 is 0. The molecule has 0 unspecified atom stereocenters. The number of hydrogen-bond donors (Lipinski definition) is 1. The number of para-hydroxylation sites is 1. The molecule has 1 heterocycles. The van der Waals surface area contributed by atoms with Crippen LogP contribution in [0, 0.1) is 0 Å². The molecular weight excluding hydrogens is 416 g/mol. The third-order valence-electron chi connectivity index (χ3n) is 5.05. The second kappa shape index (κ2) is 8.99.